The summed E-state index contributed by atoms with van der Waals surface area (Å²) >= 11 is 0. The monoisotopic (exact) mass is 213 g/mol. The zero-order valence-electron chi connectivity index (χ0n) is 10.9. The first-order valence-corrected chi connectivity index (χ1v) is 5.83. The van der Waals surface area contributed by atoms with E-state index < -0.39 is 0 Å². The molecule has 88 valence electrons. The zero-order chi connectivity index (χ0) is 11.6. The maximum absolute atomic E-state index is 6.02. The minimum Gasteiger partial charge on any atom is -0.358 e. The predicted molar refractivity (Wildman–Crippen MR) is 64.7 cm³/mol. The molecule has 1 heterocycles. The number of likely N-dealkylation sites (N-methyl/N-ethyl adjacent to an activating group) is 1. The highest BCUT2D eigenvalue weighted by Crippen LogP contribution is 2.33. The van der Waals surface area contributed by atoms with E-state index in [0.717, 1.165) is 6.42 Å². The summed E-state index contributed by atoms with van der Waals surface area (Å²) in [6.45, 7) is 7.39. The van der Waals surface area contributed by atoms with Gasteiger partial charge in [-0.15, -0.1) is 0 Å². The Bertz CT molecular complexity index is 211. The first-order chi connectivity index (χ1) is 6.87. The summed E-state index contributed by atoms with van der Waals surface area (Å²) in [5.74, 6) is 0.626. The molecular weight excluding hydrogens is 189 g/mol. The summed E-state index contributed by atoms with van der Waals surface area (Å²) in [4.78, 5) is 2.21. The van der Waals surface area contributed by atoms with Crippen molar-refractivity contribution >= 4 is 7.85 Å². The summed E-state index contributed by atoms with van der Waals surface area (Å²) < 4.78 is 11.6. The smallest absolute Gasteiger partial charge is 0.174 e. The normalized spacial score (nSPS) is 33.9. The number of rotatable bonds is 4. The molecule has 1 rings (SSSR count). The highest BCUT2D eigenvalue weighted by molar-refractivity contribution is 6.10. The fourth-order valence-corrected chi connectivity index (χ4v) is 2.32. The molecule has 0 saturated carbocycles. The van der Waals surface area contributed by atoms with Crippen molar-refractivity contribution in [1.82, 2.24) is 4.90 Å². The van der Waals surface area contributed by atoms with Crippen molar-refractivity contribution < 1.29 is 9.47 Å². The standard InChI is InChI=1S/C11H24BNO2/c1-8(2)6-11(9(3)13(4)5)7-14-10(12)15-11/h8-10H,6-7,12H2,1-5H3. The lowest BCUT2D eigenvalue weighted by atomic mass is 9.86. The van der Waals surface area contributed by atoms with Crippen molar-refractivity contribution in [1.29, 1.82) is 0 Å². The van der Waals surface area contributed by atoms with Crippen molar-refractivity contribution in [2.75, 3.05) is 20.7 Å². The molecule has 15 heavy (non-hydrogen) atoms. The van der Waals surface area contributed by atoms with E-state index in [-0.39, 0.29) is 11.8 Å². The van der Waals surface area contributed by atoms with Crippen molar-refractivity contribution in [2.45, 2.75) is 45.0 Å². The van der Waals surface area contributed by atoms with Gasteiger partial charge in [-0.05, 0) is 33.4 Å². The molecule has 0 radical (unpaired) electrons. The molecule has 0 spiro atoms. The van der Waals surface area contributed by atoms with Crippen LogP contribution in [0.2, 0.25) is 0 Å². The molecule has 1 saturated heterocycles. The summed E-state index contributed by atoms with van der Waals surface area (Å²) in [5.41, 5.74) is -0.128. The summed E-state index contributed by atoms with van der Waals surface area (Å²) in [6, 6.07) is 0.379. The van der Waals surface area contributed by atoms with Gasteiger partial charge in [0, 0.05) is 6.04 Å². The topological polar surface area (TPSA) is 21.7 Å². The molecule has 0 amide bonds. The van der Waals surface area contributed by atoms with E-state index in [1.54, 1.807) is 0 Å². The lowest BCUT2D eigenvalue weighted by molar-refractivity contribution is -0.0794. The third-order valence-electron chi connectivity index (χ3n) is 3.25. The Balaban J connectivity index is 2.77. The van der Waals surface area contributed by atoms with Crippen LogP contribution >= 0.6 is 0 Å². The minimum atomic E-state index is -0.128. The third kappa shape index (κ3) is 2.96. The van der Waals surface area contributed by atoms with Crippen molar-refractivity contribution in [3.05, 3.63) is 0 Å². The van der Waals surface area contributed by atoms with Gasteiger partial charge in [-0.25, -0.2) is 0 Å². The Morgan fingerprint density at radius 1 is 1.40 bits per heavy atom. The van der Waals surface area contributed by atoms with Gasteiger partial charge in [0.2, 0.25) is 0 Å². The van der Waals surface area contributed by atoms with Gasteiger partial charge in [-0.1, -0.05) is 13.8 Å². The van der Waals surface area contributed by atoms with E-state index in [2.05, 4.69) is 39.8 Å². The fourth-order valence-electron chi connectivity index (χ4n) is 2.32. The highest BCUT2D eigenvalue weighted by Gasteiger charge is 2.45. The lowest BCUT2D eigenvalue weighted by Crippen LogP contribution is -2.51. The van der Waals surface area contributed by atoms with Gasteiger partial charge in [-0.2, -0.15) is 0 Å². The molecular formula is C11H24BNO2. The Hall–Kier alpha value is -0.0551. The number of ether oxygens (including phenoxy) is 2. The second-order valence-electron chi connectivity index (χ2n) is 5.30. The quantitative estimate of drug-likeness (QED) is 0.641. The second kappa shape index (κ2) is 4.85. The van der Waals surface area contributed by atoms with Gasteiger partial charge in [-0.3, -0.25) is 0 Å². The zero-order valence-corrected chi connectivity index (χ0v) is 10.9. The largest absolute Gasteiger partial charge is 0.358 e. The minimum absolute atomic E-state index is 0.0637. The van der Waals surface area contributed by atoms with E-state index in [4.69, 9.17) is 9.47 Å². The third-order valence-corrected chi connectivity index (χ3v) is 3.25. The van der Waals surface area contributed by atoms with Crippen LogP contribution in [0.15, 0.2) is 0 Å². The molecule has 3 atom stereocenters. The molecule has 3 unspecified atom stereocenters. The van der Waals surface area contributed by atoms with Gasteiger partial charge in [0.05, 0.1) is 6.61 Å². The molecule has 1 aliphatic rings. The van der Waals surface area contributed by atoms with E-state index in [1.807, 2.05) is 7.85 Å². The molecule has 0 aromatic heterocycles. The first kappa shape index (κ1) is 13.0. The molecule has 3 nitrogen and oxygen atoms in total. The Kier molecular flexibility index (Phi) is 4.21. The van der Waals surface area contributed by atoms with Crippen LogP contribution in [0.5, 0.6) is 0 Å². The Morgan fingerprint density at radius 3 is 2.33 bits per heavy atom. The number of hydrogen-bond donors (Lipinski definition) is 0. The van der Waals surface area contributed by atoms with Crippen LogP contribution in [0, 0.1) is 5.92 Å². The molecule has 0 aromatic rings. The van der Waals surface area contributed by atoms with Gasteiger partial charge in [0.25, 0.3) is 0 Å². The van der Waals surface area contributed by atoms with Crippen LogP contribution in [0.1, 0.15) is 27.2 Å². The lowest BCUT2D eigenvalue weighted by Gasteiger charge is -2.38. The van der Waals surface area contributed by atoms with Crippen LogP contribution in [0.4, 0.5) is 0 Å². The molecule has 0 aromatic carbocycles. The molecule has 0 bridgehead atoms. The van der Waals surface area contributed by atoms with E-state index in [0.29, 0.717) is 18.6 Å². The van der Waals surface area contributed by atoms with Gasteiger partial charge in [0.15, 0.2) is 7.85 Å². The highest BCUT2D eigenvalue weighted by atomic mass is 16.7. The predicted octanol–water partition coefficient (Wildman–Crippen LogP) is 0.685. The van der Waals surface area contributed by atoms with Crippen LogP contribution in [0.3, 0.4) is 0 Å². The first-order valence-electron chi connectivity index (χ1n) is 5.83. The van der Waals surface area contributed by atoms with Gasteiger partial charge in [0.1, 0.15) is 11.8 Å². The van der Waals surface area contributed by atoms with Gasteiger partial charge < -0.3 is 14.4 Å². The molecule has 0 aliphatic carbocycles. The SMILES string of the molecule is BC1OCC(CC(C)C)(C(C)N(C)C)O1. The Labute approximate surface area is 94.5 Å². The maximum Gasteiger partial charge on any atom is 0.174 e. The van der Waals surface area contributed by atoms with Crippen LogP contribution in [-0.2, 0) is 9.47 Å². The van der Waals surface area contributed by atoms with E-state index in [1.165, 1.54) is 0 Å². The second-order valence-corrected chi connectivity index (χ2v) is 5.30. The summed E-state index contributed by atoms with van der Waals surface area (Å²) in [6.07, 6.45) is 0.989. The fraction of sp³-hybridized carbons (Fsp3) is 1.00. The molecule has 1 aliphatic heterocycles. The van der Waals surface area contributed by atoms with E-state index >= 15 is 0 Å². The summed E-state index contributed by atoms with van der Waals surface area (Å²) in [5, 5.41) is 0. The van der Waals surface area contributed by atoms with Crippen molar-refractivity contribution in [3.63, 3.8) is 0 Å². The molecule has 4 heteroatoms. The van der Waals surface area contributed by atoms with Crippen molar-refractivity contribution in [3.8, 4) is 0 Å². The number of nitrogens with zero attached hydrogens (tertiary/aromatic N) is 1. The van der Waals surface area contributed by atoms with Crippen LogP contribution in [-0.4, -0.2) is 51.3 Å². The Morgan fingerprint density at radius 2 is 2.00 bits per heavy atom. The van der Waals surface area contributed by atoms with Gasteiger partial charge >= 0.3 is 0 Å². The maximum atomic E-state index is 6.02. The van der Waals surface area contributed by atoms with E-state index in [9.17, 15) is 0 Å². The van der Waals surface area contributed by atoms with Crippen molar-refractivity contribution in [2.24, 2.45) is 5.92 Å². The molecule has 0 N–H and O–H groups in total. The van der Waals surface area contributed by atoms with Crippen LogP contribution < -0.4 is 0 Å². The number of hydrogen-bond acceptors (Lipinski definition) is 3. The molecule has 1 fully saturated rings. The van der Waals surface area contributed by atoms with Crippen LogP contribution in [0.25, 0.3) is 0 Å². The average Bonchev–Trinajstić information content (AvgIpc) is 2.46. The average molecular weight is 213 g/mol. The summed E-state index contributed by atoms with van der Waals surface area (Å²) in [7, 11) is 6.17.